The number of aromatic nitrogens is 2. The number of halogens is 2. The molecular formula is C9H8F2N2O2S. The Morgan fingerprint density at radius 1 is 1.25 bits per heavy atom. The predicted molar refractivity (Wildman–Crippen MR) is 53.7 cm³/mol. The second kappa shape index (κ2) is 3.24. The van der Waals surface area contributed by atoms with Crippen LogP contribution >= 0.6 is 0 Å². The van der Waals surface area contributed by atoms with Gasteiger partial charge in [0.2, 0.25) is 15.0 Å². The highest BCUT2D eigenvalue weighted by molar-refractivity contribution is 7.90. The summed E-state index contributed by atoms with van der Waals surface area (Å²) in [6, 6.07) is 1.80. The zero-order chi connectivity index (χ0) is 12.1. The minimum Gasteiger partial charge on any atom is -0.318 e. The molecule has 0 aliphatic heterocycles. The zero-order valence-corrected chi connectivity index (χ0v) is 9.35. The van der Waals surface area contributed by atoms with Crippen molar-refractivity contribution in [2.45, 2.75) is 5.16 Å². The van der Waals surface area contributed by atoms with Crippen LogP contribution < -0.4 is 0 Å². The van der Waals surface area contributed by atoms with Gasteiger partial charge in [-0.15, -0.1) is 0 Å². The molecule has 0 fully saturated rings. The Kier molecular flexibility index (Phi) is 2.23. The van der Waals surface area contributed by atoms with Gasteiger partial charge in [-0.2, -0.15) is 0 Å². The lowest BCUT2D eigenvalue weighted by Crippen LogP contribution is -2.05. The lowest BCUT2D eigenvalue weighted by Gasteiger charge is -1.99. The molecule has 0 aliphatic carbocycles. The molecule has 0 saturated heterocycles. The summed E-state index contributed by atoms with van der Waals surface area (Å²) in [5.74, 6) is -2.08. The topological polar surface area (TPSA) is 52.0 Å². The fraction of sp³-hybridized carbons (Fsp3) is 0.222. The Bertz CT molecular complexity index is 676. The molecule has 0 N–H and O–H groups in total. The van der Waals surface area contributed by atoms with Gasteiger partial charge in [-0.05, 0) is 0 Å². The van der Waals surface area contributed by atoms with Gasteiger partial charge in [-0.1, -0.05) is 0 Å². The van der Waals surface area contributed by atoms with Gasteiger partial charge < -0.3 is 4.57 Å². The van der Waals surface area contributed by atoms with Gasteiger partial charge in [0, 0.05) is 25.4 Å². The molecule has 1 aromatic heterocycles. The number of sulfone groups is 1. The van der Waals surface area contributed by atoms with Crippen molar-refractivity contribution in [1.29, 1.82) is 0 Å². The number of aryl methyl sites for hydroxylation is 1. The second-order valence-corrected chi connectivity index (χ2v) is 5.39. The van der Waals surface area contributed by atoms with Crippen LogP contribution in [0.15, 0.2) is 17.3 Å². The summed E-state index contributed by atoms with van der Waals surface area (Å²) >= 11 is 0. The highest BCUT2D eigenvalue weighted by Gasteiger charge is 2.18. The molecule has 4 nitrogen and oxygen atoms in total. The van der Waals surface area contributed by atoms with Crippen molar-refractivity contribution in [3.05, 3.63) is 23.8 Å². The maximum absolute atomic E-state index is 13.0. The van der Waals surface area contributed by atoms with Crippen LogP contribution in [0.5, 0.6) is 0 Å². The van der Waals surface area contributed by atoms with Gasteiger partial charge in [0.25, 0.3) is 0 Å². The van der Waals surface area contributed by atoms with Gasteiger partial charge >= 0.3 is 0 Å². The van der Waals surface area contributed by atoms with E-state index in [0.29, 0.717) is 0 Å². The maximum atomic E-state index is 13.0. The third kappa shape index (κ3) is 1.57. The van der Waals surface area contributed by atoms with E-state index < -0.39 is 21.5 Å². The van der Waals surface area contributed by atoms with Crippen LogP contribution in [0.3, 0.4) is 0 Å². The molecule has 0 saturated carbocycles. The first-order chi connectivity index (χ1) is 7.30. The largest absolute Gasteiger partial charge is 0.318 e. The summed E-state index contributed by atoms with van der Waals surface area (Å²) in [4.78, 5) is 3.75. The molecule has 0 unspecified atom stereocenters. The third-order valence-corrected chi connectivity index (χ3v) is 3.24. The van der Waals surface area contributed by atoms with E-state index in [1.165, 1.54) is 11.6 Å². The van der Waals surface area contributed by atoms with Gasteiger partial charge in [0.1, 0.15) is 0 Å². The molecule has 0 aliphatic rings. The summed E-state index contributed by atoms with van der Waals surface area (Å²) < 4.78 is 49.7. The highest BCUT2D eigenvalue weighted by Crippen LogP contribution is 2.20. The number of imidazole rings is 1. The molecule has 1 heterocycles. The van der Waals surface area contributed by atoms with Crippen molar-refractivity contribution in [3.8, 4) is 0 Å². The fourth-order valence-electron chi connectivity index (χ4n) is 1.50. The van der Waals surface area contributed by atoms with Crippen LogP contribution in [-0.2, 0) is 16.9 Å². The Morgan fingerprint density at radius 2 is 1.81 bits per heavy atom. The van der Waals surface area contributed by atoms with Crippen molar-refractivity contribution in [3.63, 3.8) is 0 Å². The third-order valence-electron chi connectivity index (χ3n) is 2.21. The molecule has 0 bridgehead atoms. The predicted octanol–water partition coefficient (Wildman–Crippen LogP) is 1.26. The molecule has 7 heteroatoms. The minimum absolute atomic E-state index is 0.113. The number of hydrogen-bond donors (Lipinski definition) is 0. The van der Waals surface area contributed by atoms with E-state index in [1.807, 2.05) is 0 Å². The first-order valence-electron chi connectivity index (χ1n) is 4.32. The average molecular weight is 246 g/mol. The molecule has 0 radical (unpaired) electrons. The standard InChI is InChI=1S/C9H8F2N2O2S/c1-13-8-4-6(11)5(10)3-7(8)12-9(13)16(2,14)15/h3-4H,1-2H3. The molecule has 86 valence electrons. The molecule has 2 rings (SSSR count). The van der Waals surface area contributed by atoms with Crippen molar-refractivity contribution in [2.75, 3.05) is 6.26 Å². The summed E-state index contributed by atoms with van der Waals surface area (Å²) in [7, 11) is -2.08. The fourth-order valence-corrected chi connectivity index (χ4v) is 2.36. The van der Waals surface area contributed by atoms with E-state index in [0.717, 1.165) is 18.4 Å². The molecular weight excluding hydrogens is 238 g/mol. The second-order valence-electron chi connectivity index (χ2n) is 3.48. The van der Waals surface area contributed by atoms with Gasteiger partial charge in [-0.3, -0.25) is 0 Å². The van der Waals surface area contributed by atoms with Crippen LogP contribution in [-0.4, -0.2) is 24.2 Å². The van der Waals surface area contributed by atoms with Crippen molar-refractivity contribution < 1.29 is 17.2 Å². The summed E-state index contributed by atoms with van der Waals surface area (Å²) in [5, 5.41) is -0.215. The van der Waals surface area contributed by atoms with Crippen molar-refractivity contribution in [1.82, 2.24) is 9.55 Å². The van der Waals surface area contributed by atoms with E-state index in [-0.39, 0.29) is 16.2 Å². The Balaban J connectivity index is 2.89. The van der Waals surface area contributed by atoms with Crippen LogP contribution in [0.25, 0.3) is 11.0 Å². The van der Waals surface area contributed by atoms with Gasteiger partial charge in [0.15, 0.2) is 11.6 Å². The highest BCUT2D eigenvalue weighted by atomic mass is 32.2. The summed E-state index contributed by atoms with van der Waals surface area (Å²) in [5.41, 5.74) is 0.348. The molecule has 16 heavy (non-hydrogen) atoms. The van der Waals surface area contributed by atoms with E-state index >= 15 is 0 Å². The molecule has 0 amide bonds. The molecule has 2 aromatic rings. The quantitative estimate of drug-likeness (QED) is 0.761. The lowest BCUT2D eigenvalue weighted by molar-refractivity contribution is 0.510. The zero-order valence-electron chi connectivity index (χ0n) is 8.53. The lowest BCUT2D eigenvalue weighted by atomic mass is 10.3. The number of nitrogens with zero attached hydrogens (tertiary/aromatic N) is 2. The number of hydrogen-bond acceptors (Lipinski definition) is 3. The van der Waals surface area contributed by atoms with Crippen LogP contribution in [0, 0.1) is 11.6 Å². The van der Waals surface area contributed by atoms with Crippen molar-refractivity contribution >= 4 is 20.9 Å². The number of benzene rings is 1. The molecule has 0 spiro atoms. The molecule has 1 aromatic carbocycles. The van der Waals surface area contributed by atoms with Crippen LogP contribution in [0.4, 0.5) is 8.78 Å². The maximum Gasteiger partial charge on any atom is 0.228 e. The average Bonchev–Trinajstić information content (AvgIpc) is 2.45. The monoisotopic (exact) mass is 246 g/mol. The Morgan fingerprint density at radius 3 is 2.38 bits per heavy atom. The van der Waals surface area contributed by atoms with E-state index in [1.54, 1.807) is 0 Å². The van der Waals surface area contributed by atoms with Crippen LogP contribution in [0.2, 0.25) is 0 Å². The van der Waals surface area contributed by atoms with E-state index in [2.05, 4.69) is 4.98 Å². The summed E-state index contributed by atoms with van der Waals surface area (Å²) in [6.45, 7) is 0. The van der Waals surface area contributed by atoms with Crippen LogP contribution in [0.1, 0.15) is 0 Å². The first kappa shape index (κ1) is 11.0. The molecule has 0 atom stereocenters. The van der Waals surface area contributed by atoms with Gasteiger partial charge in [-0.25, -0.2) is 22.2 Å². The Hall–Kier alpha value is -1.50. The SMILES string of the molecule is Cn1c(S(C)(=O)=O)nc2cc(F)c(F)cc21. The number of rotatable bonds is 1. The first-order valence-corrected chi connectivity index (χ1v) is 6.21. The van der Waals surface area contributed by atoms with Gasteiger partial charge in [0.05, 0.1) is 11.0 Å². The van der Waals surface area contributed by atoms with E-state index in [9.17, 15) is 17.2 Å². The van der Waals surface area contributed by atoms with Crippen molar-refractivity contribution in [2.24, 2.45) is 7.05 Å². The smallest absolute Gasteiger partial charge is 0.228 e. The Labute approximate surface area is 90.4 Å². The normalized spacial score (nSPS) is 12.2. The van der Waals surface area contributed by atoms with E-state index in [4.69, 9.17) is 0 Å². The number of fused-ring (bicyclic) bond motifs is 1. The summed E-state index contributed by atoms with van der Waals surface area (Å²) in [6.07, 6.45) is 0.987. The minimum atomic E-state index is -3.51.